The van der Waals surface area contributed by atoms with Crippen LogP contribution < -0.4 is 5.32 Å². The monoisotopic (exact) mass is 237 g/mol. The van der Waals surface area contributed by atoms with Crippen molar-refractivity contribution < 1.29 is 0 Å². The fourth-order valence-corrected chi connectivity index (χ4v) is 3.25. The Labute approximate surface area is 103 Å². The third-order valence-corrected chi connectivity index (χ3v) is 4.42. The highest BCUT2D eigenvalue weighted by Crippen LogP contribution is 2.22. The molecule has 1 nitrogen and oxygen atoms in total. The molecule has 90 valence electrons. The lowest BCUT2D eigenvalue weighted by Crippen LogP contribution is -2.30. The SMILES string of the molecule is CC1CCCC(NCCc2ccsc2)CC1. The third-order valence-electron chi connectivity index (χ3n) is 3.68. The summed E-state index contributed by atoms with van der Waals surface area (Å²) in [7, 11) is 0. The lowest BCUT2D eigenvalue weighted by Gasteiger charge is -2.15. The molecular weight excluding hydrogens is 214 g/mol. The highest BCUT2D eigenvalue weighted by molar-refractivity contribution is 7.07. The van der Waals surface area contributed by atoms with Crippen LogP contribution in [0.15, 0.2) is 16.8 Å². The van der Waals surface area contributed by atoms with Crippen LogP contribution in [0.2, 0.25) is 0 Å². The summed E-state index contributed by atoms with van der Waals surface area (Å²) >= 11 is 1.80. The molecule has 0 aromatic carbocycles. The van der Waals surface area contributed by atoms with Gasteiger partial charge in [0.2, 0.25) is 0 Å². The van der Waals surface area contributed by atoms with Crippen molar-refractivity contribution in [1.82, 2.24) is 5.32 Å². The van der Waals surface area contributed by atoms with E-state index in [-0.39, 0.29) is 0 Å². The molecule has 0 bridgehead atoms. The summed E-state index contributed by atoms with van der Waals surface area (Å²) in [6.45, 7) is 3.55. The van der Waals surface area contributed by atoms with E-state index in [9.17, 15) is 0 Å². The molecule has 1 heterocycles. The van der Waals surface area contributed by atoms with Crippen LogP contribution in [0.1, 0.15) is 44.6 Å². The quantitative estimate of drug-likeness (QED) is 0.784. The number of rotatable bonds is 4. The summed E-state index contributed by atoms with van der Waals surface area (Å²) in [5.74, 6) is 0.948. The number of thiophene rings is 1. The molecule has 0 spiro atoms. The van der Waals surface area contributed by atoms with Gasteiger partial charge in [-0.25, -0.2) is 0 Å². The molecule has 0 aliphatic heterocycles. The van der Waals surface area contributed by atoms with Crippen molar-refractivity contribution in [3.63, 3.8) is 0 Å². The second-order valence-electron chi connectivity index (χ2n) is 5.15. The van der Waals surface area contributed by atoms with Gasteiger partial charge in [0.25, 0.3) is 0 Å². The Morgan fingerprint density at radius 2 is 2.25 bits per heavy atom. The van der Waals surface area contributed by atoms with Gasteiger partial charge >= 0.3 is 0 Å². The van der Waals surface area contributed by atoms with Crippen LogP contribution >= 0.6 is 11.3 Å². The van der Waals surface area contributed by atoms with Gasteiger partial charge in [-0.1, -0.05) is 19.8 Å². The Morgan fingerprint density at radius 3 is 3.06 bits per heavy atom. The molecule has 16 heavy (non-hydrogen) atoms. The molecule has 1 fully saturated rings. The average Bonchev–Trinajstić information content (AvgIpc) is 2.70. The predicted octanol–water partition coefficient (Wildman–Crippen LogP) is 3.85. The second-order valence-corrected chi connectivity index (χ2v) is 5.93. The molecular formula is C14H23NS. The first kappa shape index (κ1) is 12.1. The van der Waals surface area contributed by atoms with Crippen molar-refractivity contribution in [3.05, 3.63) is 22.4 Å². The summed E-state index contributed by atoms with van der Waals surface area (Å²) in [5, 5.41) is 8.16. The van der Waals surface area contributed by atoms with Crippen LogP contribution in [0, 0.1) is 5.92 Å². The molecule has 2 heteroatoms. The highest BCUT2D eigenvalue weighted by Gasteiger charge is 2.15. The van der Waals surface area contributed by atoms with E-state index in [0.29, 0.717) is 0 Å². The van der Waals surface area contributed by atoms with Crippen LogP contribution in [0.4, 0.5) is 0 Å². The second kappa shape index (κ2) is 6.41. The summed E-state index contributed by atoms with van der Waals surface area (Å²) < 4.78 is 0. The van der Waals surface area contributed by atoms with E-state index in [0.717, 1.165) is 18.5 Å². The van der Waals surface area contributed by atoms with Crippen molar-refractivity contribution in [2.24, 2.45) is 5.92 Å². The Bertz CT molecular complexity index is 281. The van der Waals surface area contributed by atoms with Crippen LogP contribution in [-0.2, 0) is 6.42 Å². The summed E-state index contributed by atoms with van der Waals surface area (Å²) in [4.78, 5) is 0. The zero-order chi connectivity index (χ0) is 11.2. The molecule has 2 rings (SSSR count). The minimum atomic E-state index is 0.781. The number of nitrogens with one attached hydrogen (secondary N) is 1. The lowest BCUT2D eigenvalue weighted by atomic mass is 10.0. The first-order valence-electron chi connectivity index (χ1n) is 6.59. The van der Waals surface area contributed by atoms with Crippen LogP contribution in [0.5, 0.6) is 0 Å². The maximum Gasteiger partial charge on any atom is 0.00672 e. The van der Waals surface area contributed by atoms with Gasteiger partial charge in [0.15, 0.2) is 0 Å². The topological polar surface area (TPSA) is 12.0 Å². The number of hydrogen-bond acceptors (Lipinski definition) is 2. The van der Waals surface area contributed by atoms with E-state index in [1.807, 2.05) is 0 Å². The van der Waals surface area contributed by atoms with Crippen LogP contribution in [0.25, 0.3) is 0 Å². The molecule has 1 aromatic rings. The Kier molecular flexibility index (Phi) is 4.86. The molecule has 2 unspecified atom stereocenters. The van der Waals surface area contributed by atoms with E-state index in [1.54, 1.807) is 11.3 Å². The van der Waals surface area contributed by atoms with Gasteiger partial charge in [0.05, 0.1) is 0 Å². The molecule has 1 saturated carbocycles. The van der Waals surface area contributed by atoms with Gasteiger partial charge in [-0.2, -0.15) is 11.3 Å². The number of hydrogen-bond donors (Lipinski definition) is 1. The molecule has 1 N–H and O–H groups in total. The van der Waals surface area contributed by atoms with Crippen molar-refractivity contribution in [1.29, 1.82) is 0 Å². The Balaban J connectivity index is 1.65. The molecule has 2 atom stereocenters. The third kappa shape index (κ3) is 3.91. The van der Waals surface area contributed by atoms with Crippen molar-refractivity contribution in [2.45, 2.75) is 51.5 Å². The van der Waals surface area contributed by atoms with Crippen LogP contribution in [-0.4, -0.2) is 12.6 Å². The summed E-state index contributed by atoms with van der Waals surface area (Å²) in [5.41, 5.74) is 1.49. The average molecular weight is 237 g/mol. The van der Waals surface area contributed by atoms with Crippen molar-refractivity contribution in [2.75, 3.05) is 6.54 Å². The molecule has 1 aliphatic carbocycles. The fourth-order valence-electron chi connectivity index (χ4n) is 2.55. The van der Waals surface area contributed by atoms with Gasteiger partial charge in [-0.15, -0.1) is 0 Å². The highest BCUT2D eigenvalue weighted by atomic mass is 32.1. The van der Waals surface area contributed by atoms with Gasteiger partial charge in [-0.3, -0.25) is 0 Å². The normalized spacial score (nSPS) is 26.6. The van der Waals surface area contributed by atoms with Crippen molar-refractivity contribution >= 4 is 11.3 Å². The first-order chi connectivity index (χ1) is 7.84. The maximum absolute atomic E-state index is 3.73. The standard InChI is InChI=1S/C14H23NS/c1-12-3-2-4-14(6-5-12)15-9-7-13-8-10-16-11-13/h8,10-12,14-15H,2-7,9H2,1H3. The van der Waals surface area contributed by atoms with Gasteiger partial charge in [-0.05, 0) is 60.5 Å². The van der Waals surface area contributed by atoms with E-state index < -0.39 is 0 Å². The summed E-state index contributed by atoms with van der Waals surface area (Å²) in [6, 6.07) is 3.02. The van der Waals surface area contributed by atoms with Gasteiger partial charge in [0.1, 0.15) is 0 Å². The zero-order valence-corrected chi connectivity index (χ0v) is 11.1. The lowest BCUT2D eigenvalue weighted by molar-refractivity contribution is 0.451. The molecule has 1 aromatic heterocycles. The predicted molar refractivity (Wildman–Crippen MR) is 72.1 cm³/mol. The summed E-state index contributed by atoms with van der Waals surface area (Å²) in [6.07, 6.45) is 8.21. The van der Waals surface area contributed by atoms with E-state index in [1.165, 1.54) is 44.1 Å². The van der Waals surface area contributed by atoms with E-state index >= 15 is 0 Å². The first-order valence-corrected chi connectivity index (χ1v) is 7.53. The van der Waals surface area contributed by atoms with E-state index in [2.05, 4.69) is 29.1 Å². The minimum Gasteiger partial charge on any atom is -0.314 e. The largest absolute Gasteiger partial charge is 0.314 e. The maximum atomic E-state index is 3.73. The molecule has 0 amide bonds. The zero-order valence-electron chi connectivity index (χ0n) is 10.2. The Morgan fingerprint density at radius 1 is 1.31 bits per heavy atom. The molecule has 0 saturated heterocycles. The fraction of sp³-hybridized carbons (Fsp3) is 0.714. The Hall–Kier alpha value is -0.340. The van der Waals surface area contributed by atoms with Crippen LogP contribution in [0.3, 0.4) is 0 Å². The molecule has 1 aliphatic rings. The van der Waals surface area contributed by atoms with Gasteiger partial charge < -0.3 is 5.32 Å². The van der Waals surface area contributed by atoms with Crippen molar-refractivity contribution in [3.8, 4) is 0 Å². The minimum absolute atomic E-state index is 0.781. The van der Waals surface area contributed by atoms with Gasteiger partial charge in [0, 0.05) is 6.04 Å². The van der Waals surface area contributed by atoms with E-state index in [4.69, 9.17) is 0 Å². The molecule has 0 radical (unpaired) electrons. The smallest absolute Gasteiger partial charge is 0.00672 e.